The van der Waals surface area contributed by atoms with Gasteiger partial charge in [-0.2, -0.15) is 0 Å². The number of thiophene rings is 1. The Labute approximate surface area is 109 Å². The average Bonchev–Trinajstić information content (AvgIpc) is 3.05. The maximum Gasteiger partial charge on any atom is 0.231 e. The van der Waals surface area contributed by atoms with E-state index >= 15 is 0 Å². The molecular formula is C14H12O3S. The first-order valence-electron chi connectivity index (χ1n) is 5.58. The lowest BCUT2D eigenvalue weighted by Crippen LogP contribution is -1.96. The Hall–Kier alpha value is -1.78. The van der Waals surface area contributed by atoms with Crippen molar-refractivity contribution in [2.24, 2.45) is 0 Å². The zero-order chi connectivity index (χ0) is 12.5. The van der Waals surface area contributed by atoms with Crippen LogP contribution in [0.25, 0.3) is 6.08 Å². The van der Waals surface area contributed by atoms with Crippen LogP contribution in [0.4, 0.5) is 0 Å². The summed E-state index contributed by atoms with van der Waals surface area (Å²) in [6.07, 6.45) is 1.14. The minimum Gasteiger partial charge on any atom is -0.454 e. The molecule has 1 aliphatic heterocycles. The molecule has 1 aromatic heterocycles. The van der Waals surface area contributed by atoms with Gasteiger partial charge in [-0.1, -0.05) is 18.7 Å². The molecule has 0 radical (unpaired) electrons. The third kappa shape index (κ3) is 1.89. The molecule has 1 N–H and O–H groups in total. The average molecular weight is 260 g/mol. The van der Waals surface area contributed by atoms with Crippen molar-refractivity contribution in [2.45, 2.75) is 6.10 Å². The molecule has 0 fully saturated rings. The van der Waals surface area contributed by atoms with Crippen LogP contribution < -0.4 is 9.47 Å². The van der Waals surface area contributed by atoms with Gasteiger partial charge < -0.3 is 14.6 Å². The van der Waals surface area contributed by atoms with E-state index in [1.807, 2.05) is 30.3 Å². The van der Waals surface area contributed by atoms with Crippen molar-refractivity contribution in [1.29, 1.82) is 0 Å². The van der Waals surface area contributed by atoms with Gasteiger partial charge in [-0.05, 0) is 29.8 Å². The molecular weight excluding hydrogens is 248 g/mol. The molecule has 3 nitrogen and oxygen atoms in total. The number of rotatable bonds is 3. The second-order valence-electron chi connectivity index (χ2n) is 3.96. The molecule has 0 amide bonds. The van der Waals surface area contributed by atoms with Gasteiger partial charge in [-0.15, -0.1) is 11.3 Å². The highest BCUT2D eigenvalue weighted by molar-refractivity contribution is 7.13. The van der Waals surface area contributed by atoms with Crippen molar-refractivity contribution < 1.29 is 14.6 Å². The van der Waals surface area contributed by atoms with Gasteiger partial charge >= 0.3 is 0 Å². The van der Waals surface area contributed by atoms with Gasteiger partial charge in [0.15, 0.2) is 11.5 Å². The van der Waals surface area contributed by atoms with E-state index in [-0.39, 0.29) is 6.79 Å². The molecule has 92 valence electrons. The Bertz CT molecular complexity index is 588. The van der Waals surface area contributed by atoms with E-state index in [4.69, 9.17) is 9.47 Å². The summed E-state index contributed by atoms with van der Waals surface area (Å²) in [6.45, 7) is 3.96. The lowest BCUT2D eigenvalue weighted by Gasteiger charge is -2.09. The van der Waals surface area contributed by atoms with Crippen LogP contribution in [0, 0.1) is 0 Å². The first-order valence-corrected chi connectivity index (χ1v) is 6.39. The summed E-state index contributed by atoms with van der Waals surface area (Å²) in [5.74, 6) is 1.41. The molecule has 2 aromatic rings. The number of hydrogen-bond acceptors (Lipinski definition) is 4. The third-order valence-electron chi connectivity index (χ3n) is 2.83. The number of aliphatic hydroxyl groups is 1. The maximum atomic E-state index is 10.3. The fraction of sp³-hybridized carbons (Fsp3) is 0.143. The molecule has 1 aromatic carbocycles. The molecule has 1 unspecified atom stereocenters. The molecule has 0 bridgehead atoms. The minimum absolute atomic E-state index is 0.245. The zero-order valence-electron chi connectivity index (χ0n) is 9.63. The summed E-state index contributed by atoms with van der Waals surface area (Å²) >= 11 is 1.53. The van der Waals surface area contributed by atoms with E-state index in [2.05, 4.69) is 6.58 Å². The molecule has 4 heteroatoms. The molecule has 1 aliphatic rings. The van der Waals surface area contributed by atoms with Crippen molar-refractivity contribution in [1.82, 2.24) is 0 Å². The lowest BCUT2D eigenvalue weighted by molar-refractivity contribution is 0.173. The maximum absolute atomic E-state index is 10.3. The number of fused-ring (bicyclic) bond motifs is 1. The topological polar surface area (TPSA) is 38.7 Å². The Morgan fingerprint density at radius 2 is 2.06 bits per heavy atom. The molecule has 0 aliphatic carbocycles. The minimum atomic E-state index is -0.641. The monoisotopic (exact) mass is 260 g/mol. The zero-order valence-corrected chi connectivity index (χ0v) is 10.4. The second kappa shape index (κ2) is 4.48. The Morgan fingerprint density at radius 1 is 1.22 bits per heavy atom. The van der Waals surface area contributed by atoms with Gasteiger partial charge in [0, 0.05) is 9.75 Å². The highest BCUT2D eigenvalue weighted by atomic mass is 32.1. The molecule has 0 saturated heterocycles. The van der Waals surface area contributed by atoms with Crippen molar-refractivity contribution in [3.8, 4) is 11.5 Å². The van der Waals surface area contributed by atoms with Gasteiger partial charge in [-0.3, -0.25) is 0 Å². The normalized spacial score (nSPS) is 14.5. The number of aliphatic hydroxyl groups excluding tert-OH is 1. The second-order valence-corrected chi connectivity index (χ2v) is 5.11. The summed E-state index contributed by atoms with van der Waals surface area (Å²) in [6, 6.07) is 9.36. The largest absolute Gasteiger partial charge is 0.454 e. The smallest absolute Gasteiger partial charge is 0.231 e. The van der Waals surface area contributed by atoms with Gasteiger partial charge in [0.2, 0.25) is 6.79 Å². The first kappa shape index (κ1) is 11.3. The summed E-state index contributed by atoms with van der Waals surface area (Å²) in [7, 11) is 0. The highest BCUT2D eigenvalue weighted by Crippen LogP contribution is 2.36. The SMILES string of the molecule is C=Cc1ccc(C(O)c2ccc3c(c2)OCO3)s1. The van der Waals surface area contributed by atoms with E-state index in [9.17, 15) is 5.11 Å². The fourth-order valence-corrected chi connectivity index (χ4v) is 2.75. The van der Waals surface area contributed by atoms with Crippen molar-refractivity contribution in [2.75, 3.05) is 6.79 Å². The Kier molecular flexibility index (Phi) is 2.81. The molecule has 1 atom stereocenters. The van der Waals surface area contributed by atoms with E-state index in [0.717, 1.165) is 21.1 Å². The highest BCUT2D eigenvalue weighted by Gasteiger charge is 2.18. The van der Waals surface area contributed by atoms with Crippen LogP contribution in [0.5, 0.6) is 11.5 Å². The van der Waals surface area contributed by atoms with Crippen LogP contribution in [0.1, 0.15) is 21.4 Å². The number of ether oxygens (including phenoxy) is 2. The van der Waals surface area contributed by atoms with Gasteiger partial charge in [0.1, 0.15) is 6.10 Å². The lowest BCUT2D eigenvalue weighted by atomic mass is 10.1. The molecule has 3 rings (SSSR count). The summed E-state index contributed by atoms with van der Waals surface area (Å²) < 4.78 is 10.6. The summed E-state index contributed by atoms with van der Waals surface area (Å²) in [5.41, 5.74) is 0.803. The number of benzene rings is 1. The summed E-state index contributed by atoms with van der Waals surface area (Å²) in [4.78, 5) is 1.94. The first-order chi connectivity index (χ1) is 8.78. The van der Waals surface area contributed by atoms with Crippen LogP contribution in [-0.2, 0) is 0 Å². The van der Waals surface area contributed by atoms with E-state index < -0.39 is 6.10 Å². The third-order valence-corrected chi connectivity index (χ3v) is 3.96. The quantitative estimate of drug-likeness (QED) is 0.921. The van der Waals surface area contributed by atoms with Crippen LogP contribution in [0.15, 0.2) is 36.9 Å². The van der Waals surface area contributed by atoms with Crippen LogP contribution in [0.3, 0.4) is 0 Å². The van der Waals surface area contributed by atoms with Crippen LogP contribution >= 0.6 is 11.3 Å². The Balaban J connectivity index is 1.92. The number of hydrogen-bond donors (Lipinski definition) is 1. The molecule has 0 spiro atoms. The predicted molar refractivity (Wildman–Crippen MR) is 71.0 cm³/mol. The predicted octanol–water partition coefficient (Wildman–Crippen LogP) is 3.20. The van der Waals surface area contributed by atoms with E-state index in [0.29, 0.717) is 5.75 Å². The van der Waals surface area contributed by atoms with Crippen molar-refractivity contribution in [3.63, 3.8) is 0 Å². The fourth-order valence-electron chi connectivity index (χ4n) is 1.87. The van der Waals surface area contributed by atoms with E-state index in [1.165, 1.54) is 11.3 Å². The standard InChI is InChI=1S/C14H12O3S/c1-2-10-4-6-13(18-10)14(15)9-3-5-11-12(7-9)17-8-16-11/h2-7,14-15H,1,8H2. The Morgan fingerprint density at radius 3 is 2.83 bits per heavy atom. The van der Waals surface area contributed by atoms with Gasteiger partial charge in [-0.25, -0.2) is 0 Å². The summed E-state index contributed by atoms with van der Waals surface area (Å²) in [5, 5.41) is 10.3. The van der Waals surface area contributed by atoms with Crippen molar-refractivity contribution in [3.05, 3.63) is 52.2 Å². The molecule has 2 heterocycles. The van der Waals surface area contributed by atoms with Crippen molar-refractivity contribution >= 4 is 17.4 Å². The van der Waals surface area contributed by atoms with E-state index in [1.54, 1.807) is 6.08 Å². The van der Waals surface area contributed by atoms with Crippen LogP contribution in [-0.4, -0.2) is 11.9 Å². The molecule has 18 heavy (non-hydrogen) atoms. The molecule has 0 saturated carbocycles. The van der Waals surface area contributed by atoms with Gasteiger partial charge in [0.25, 0.3) is 0 Å². The van der Waals surface area contributed by atoms with Crippen LogP contribution in [0.2, 0.25) is 0 Å². The van der Waals surface area contributed by atoms with Gasteiger partial charge in [0.05, 0.1) is 0 Å².